The van der Waals surface area contributed by atoms with Crippen LogP contribution in [0.3, 0.4) is 0 Å². The Bertz CT molecular complexity index is 476. The number of thiophene rings is 1. The summed E-state index contributed by atoms with van der Waals surface area (Å²) < 4.78 is 6.39. The molecule has 0 radical (unpaired) electrons. The molecule has 0 amide bonds. The molecule has 17 heavy (non-hydrogen) atoms. The number of aromatic nitrogens is 2. The maximum atomic E-state index is 5.62. The average molecular weight is 314 g/mol. The van der Waals surface area contributed by atoms with Crippen molar-refractivity contribution in [3.8, 4) is 5.88 Å². The smallest absolute Gasteiger partial charge is 0.232 e. The van der Waals surface area contributed by atoms with E-state index in [2.05, 4.69) is 42.7 Å². The third-order valence-electron chi connectivity index (χ3n) is 2.10. The Morgan fingerprint density at radius 3 is 3.12 bits per heavy atom. The minimum absolute atomic E-state index is 0.555. The molecule has 2 aromatic rings. The van der Waals surface area contributed by atoms with Crippen LogP contribution in [-0.4, -0.2) is 23.6 Å². The quantitative estimate of drug-likeness (QED) is 0.922. The van der Waals surface area contributed by atoms with Crippen LogP contribution in [0.1, 0.15) is 4.88 Å². The summed E-state index contributed by atoms with van der Waals surface area (Å²) in [5.74, 6) is 1.13. The summed E-state index contributed by atoms with van der Waals surface area (Å²) >= 11 is 5.10. The Kier molecular flexibility index (Phi) is 4.33. The van der Waals surface area contributed by atoms with Gasteiger partial charge in [-0.2, -0.15) is 4.98 Å². The van der Waals surface area contributed by atoms with Crippen LogP contribution in [0.2, 0.25) is 0 Å². The fourth-order valence-electron chi connectivity index (χ4n) is 1.28. The van der Waals surface area contributed by atoms with Crippen LogP contribution in [0.25, 0.3) is 0 Å². The molecule has 2 heterocycles. The van der Waals surface area contributed by atoms with Crippen LogP contribution in [0.15, 0.2) is 28.2 Å². The first-order valence-corrected chi connectivity index (χ1v) is 6.82. The molecular formula is C11H12BrN3OS. The van der Waals surface area contributed by atoms with Crippen molar-refractivity contribution in [2.45, 2.75) is 6.42 Å². The highest BCUT2D eigenvalue weighted by atomic mass is 79.9. The normalized spacial score (nSPS) is 10.2. The van der Waals surface area contributed by atoms with Crippen molar-refractivity contribution in [1.82, 2.24) is 9.97 Å². The minimum atomic E-state index is 0.555. The van der Waals surface area contributed by atoms with Gasteiger partial charge in [-0.15, -0.1) is 11.3 Å². The van der Waals surface area contributed by atoms with E-state index in [0.29, 0.717) is 18.4 Å². The summed E-state index contributed by atoms with van der Waals surface area (Å²) in [4.78, 5) is 9.60. The van der Waals surface area contributed by atoms with Gasteiger partial charge in [-0.05, 0) is 27.4 Å². The van der Waals surface area contributed by atoms with E-state index in [0.717, 1.165) is 10.9 Å². The van der Waals surface area contributed by atoms with E-state index in [9.17, 15) is 0 Å². The van der Waals surface area contributed by atoms with Gasteiger partial charge in [0, 0.05) is 18.3 Å². The zero-order valence-corrected chi connectivity index (χ0v) is 11.7. The van der Waals surface area contributed by atoms with Gasteiger partial charge in [0.15, 0.2) is 0 Å². The van der Waals surface area contributed by atoms with Crippen molar-refractivity contribution < 1.29 is 4.74 Å². The fourth-order valence-corrected chi connectivity index (χ4v) is 2.27. The summed E-state index contributed by atoms with van der Waals surface area (Å²) in [6.45, 7) is 0.610. The van der Waals surface area contributed by atoms with Crippen molar-refractivity contribution in [2.75, 3.05) is 19.0 Å². The number of rotatable bonds is 5. The lowest BCUT2D eigenvalue weighted by Gasteiger charge is -2.07. The number of anilines is 1. The monoisotopic (exact) mass is 313 g/mol. The van der Waals surface area contributed by atoms with Crippen LogP contribution in [0.5, 0.6) is 5.88 Å². The minimum Gasteiger partial charge on any atom is -0.476 e. The zero-order chi connectivity index (χ0) is 12.1. The van der Waals surface area contributed by atoms with E-state index in [-0.39, 0.29) is 0 Å². The Morgan fingerprint density at radius 2 is 2.41 bits per heavy atom. The number of nitrogens with zero attached hydrogens (tertiary/aromatic N) is 2. The summed E-state index contributed by atoms with van der Waals surface area (Å²) in [6, 6.07) is 4.14. The maximum Gasteiger partial charge on any atom is 0.232 e. The van der Waals surface area contributed by atoms with Gasteiger partial charge in [0.1, 0.15) is 0 Å². The number of hydrogen-bond donors (Lipinski definition) is 1. The molecular weight excluding hydrogens is 302 g/mol. The number of halogens is 1. The average Bonchev–Trinajstić information content (AvgIpc) is 2.84. The van der Waals surface area contributed by atoms with E-state index in [1.54, 1.807) is 24.6 Å². The molecule has 2 rings (SSSR count). The topological polar surface area (TPSA) is 47.0 Å². The molecule has 0 aliphatic rings. The standard InChI is InChI=1S/C11H12BrN3OS/c1-13-11-14-7-9(12)10(15-11)16-5-4-8-3-2-6-17-8/h2-3,6-7H,4-5H2,1H3,(H,13,14,15). The Labute approximate surface area is 112 Å². The van der Waals surface area contributed by atoms with Gasteiger partial charge in [0.05, 0.1) is 17.3 Å². The van der Waals surface area contributed by atoms with E-state index in [1.807, 2.05) is 6.07 Å². The second kappa shape index (κ2) is 5.97. The first-order chi connectivity index (χ1) is 8.29. The summed E-state index contributed by atoms with van der Waals surface area (Å²) in [7, 11) is 1.78. The predicted octanol–water partition coefficient (Wildman–Crippen LogP) is 2.96. The molecule has 0 saturated carbocycles. The zero-order valence-electron chi connectivity index (χ0n) is 9.31. The second-order valence-corrected chi connectivity index (χ2v) is 5.16. The molecule has 0 unspecified atom stereocenters. The highest BCUT2D eigenvalue weighted by Gasteiger charge is 2.05. The Hall–Kier alpha value is -1.14. The van der Waals surface area contributed by atoms with E-state index in [1.165, 1.54) is 4.88 Å². The van der Waals surface area contributed by atoms with Crippen molar-refractivity contribution in [2.24, 2.45) is 0 Å². The third kappa shape index (κ3) is 3.41. The number of ether oxygens (including phenoxy) is 1. The Morgan fingerprint density at radius 1 is 1.53 bits per heavy atom. The molecule has 2 aromatic heterocycles. The molecule has 0 spiro atoms. The maximum absolute atomic E-state index is 5.62. The second-order valence-electron chi connectivity index (χ2n) is 3.27. The van der Waals surface area contributed by atoms with Crippen LogP contribution >= 0.6 is 27.3 Å². The summed E-state index contributed by atoms with van der Waals surface area (Å²) in [5.41, 5.74) is 0. The highest BCUT2D eigenvalue weighted by Crippen LogP contribution is 2.22. The molecule has 6 heteroatoms. The lowest BCUT2D eigenvalue weighted by atomic mass is 10.4. The molecule has 0 fully saturated rings. The summed E-state index contributed by atoms with van der Waals surface area (Å²) in [5, 5.41) is 4.94. The van der Waals surface area contributed by atoms with Gasteiger partial charge in [-0.1, -0.05) is 6.07 Å². The highest BCUT2D eigenvalue weighted by molar-refractivity contribution is 9.10. The van der Waals surface area contributed by atoms with Gasteiger partial charge < -0.3 is 10.1 Å². The molecule has 1 N–H and O–H groups in total. The van der Waals surface area contributed by atoms with Gasteiger partial charge in [-0.25, -0.2) is 4.98 Å². The van der Waals surface area contributed by atoms with Gasteiger partial charge in [-0.3, -0.25) is 0 Å². The van der Waals surface area contributed by atoms with Crippen molar-refractivity contribution in [3.05, 3.63) is 33.1 Å². The number of hydrogen-bond acceptors (Lipinski definition) is 5. The van der Waals surface area contributed by atoms with Crippen molar-refractivity contribution >= 4 is 33.2 Å². The predicted molar refractivity (Wildman–Crippen MR) is 72.8 cm³/mol. The van der Waals surface area contributed by atoms with Gasteiger partial charge in [0.25, 0.3) is 0 Å². The third-order valence-corrected chi connectivity index (χ3v) is 3.58. The molecule has 0 atom stereocenters. The molecule has 0 saturated heterocycles. The molecule has 0 aromatic carbocycles. The first kappa shape index (κ1) is 12.3. The summed E-state index contributed by atoms with van der Waals surface area (Å²) in [6.07, 6.45) is 2.57. The lowest BCUT2D eigenvalue weighted by molar-refractivity contribution is 0.308. The fraction of sp³-hybridized carbons (Fsp3) is 0.273. The first-order valence-electron chi connectivity index (χ1n) is 5.15. The molecule has 0 aliphatic heterocycles. The molecule has 4 nitrogen and oxygen atoms in total. The van der Waals surface area contributed by atoms with Crippen LogP contribution in [-0.2, 0) is 6.42 Å². The van der Waals surface area contributed by atoms with Gasteiger partial charge in [0.2, 0.25) is 11.8 Å². The SMILES string of the molecule is CNc1ncc(Br)c(OCCc2cccs2)n1. The molecule has 90 valence electrons. The largest absolute Gasteiger partial charge is 0.476 e. The van der Waals surface area contributed by atoms with Crippen LogP contribution in [0.4, 0.5) is 5.95 Å². The van der Waals surface area contributed by atoms with E-state index in [4.69, 9.17) is 4.74 Å². The lowest BCUT2D eigenvalue weighted by Crippen LogP contribution is -2.04. The van der Waals surface area contributed by atoms with E-state index >= 15 is 0 Å². The van der Waals surface area contributed by atoms with Crippen molar-refractivity contribution in [3.63, 3.8) is 0 Å². The van der Waals surface area contributed by atoms with Crippen LogP contribution in [0, 0.1) is 0 Å². The van der Waals surface area contributed by atoms with Gasteiger partial charge >= 0.3 is 0 Å². The molecule has 0 bridgehead atoms. The number of nitrogens with one attached hydrogen (secondary N) is 1. The van der Waals surface area contributed by atoms with E-state index < -0.39 is 0 Å². The molecule has 0 aliphatic carbocycles. The van der Waals surface area contributed by atoms with Crippen molar-refractivity contribution in [1.29, 1.82) is 0 Å². The van der Waals surface area contributed by atoms with Crippen LogP contribution < -0.4 is 10.1 Å². The Balaban J connectivity index is 1.94.